The zero-order chi connectivity index (χ0) is 15.7. The number of halogens is 1. The van der Waals surface area contributed by atoms with E-state index >= 15 is 0 Å². The number of aromatic amines is 1. The van der Waals surface area contributed by atoms with Crippen LogP contribution in [0.25, 0.3) is 22.4 Å². The van der Waals surface area contributed by atoms with Crippen LogP contribution >= 0.6 is 0 Å². The van der Waals surface area contributed by atoms with Gasteiger partial charge in [0.1, 0.15) is 17.6 Å². The molecule has 2 aromatic heterocycles. The summed E-state index contributed by atoms with van der Waals surface area (Å²) in [5.74, 6) is -0.376. The number of pyridine rings is 1. The maximum atomic E-state index is 13.0. The van der Waals surface area contributed by atoms with Crippen LogP contribution in [0.2, 0.25) is 0 Å². The SMILES string of the molecule is Cn1ccc(-c2cc(-c3ccc(F)cc3)c(=O)[nH]c2C#N)n1. The van der Waals surface area contributed by atoms with Gasteiger partial charge in [-0.15, -0.1) is 0 Å². The van der Waals surface area contributed by atoms with Gasteiger partial charge in [-0.1, -0.05) is 12.1 Å². The van der Waals surface area contributed by atoms with Gasteiger partial charge in [0, 0.05) is 24.4 Å². The molecule has 0 unspecified atom stereocenters. The predicted molar refractivity (Wildman–Crippen MR) is 79.4 cm³/mol. The Labute approximate surface area is 125 Å². The minimum absolute atomic E-state index is 0.148. The molecule has 108 valence electrons. The third-order valence-corrected chi connectivity index (χ3v) is 3.30. The molecule has 6 heteroatoms. The van der Waals surface area contributed by atoms with Crippen LogP contribution in [0.3, 0.4) is 0 Å². The van der Waals surface area contributed by atoms with Gasteiger partial charge in [0.15, 0.2) is 0 Å². The summed E-state index contributed by atoms with van der Waals surface area (Å²) in [4.78, 5) is 14.7. The lowest BCUT2D eigenvalue weighted by atomic mass is 10.0. The van der Waals surface area contributed by atoms with E-state index < -0.39 is 5.56 Å². The van der Waals surface area contributed by atoms with Gasteiger partial charge in [0.2, 0.25) is 0 Å². The Morgan fingerprint density at radius 3 is 2.55 bits per heavy atom. The smallest absolute Gasteiger partial charge is 0.256 e. The van der Waals surface area contributed by atoms with Gasteiger partial charge in [-0.05, 0) is 29.8 Å². The maximum absolute atomic E-state index is 13.0. The summed E-state index contributed by atoms with van der Waals surface area (Å²) in [6, 6.07) is 10.9. The van der Waals surface area contributed by atoms with Crippen LogP contribution in [-0.4, -0.2) is 14.8 Å². The van der Waals surface area contributed by atoms with Crippen LogP contribution in [0.15, 0.2) is 47.4 Å². The van der Waals surface area contributed by atoms with Gasteiger partial charge in [-0.25, -0.2) is 4.39 Å². The van der Waals surface area contributed by atoms with Crippen molar-refractivity contribution in [3.8, 4) is 28.5 Å². The van der Waals surface area contributed by atoms with Crippen molar-refractivity contribution in [2.45, 2.75) is 0 Å². The molecule has 3 rings (SSSR count). The molecule has 0 fully saturated rings. The summed E-state index contributed by atoms with van der Waals surface area (Å²) < 4.78 is 14.6. The number of aromatic nitrogens is 3. The van der Waals surface area contributed by atoms with Crippen molar-refractivity contribution < 1.29 is 4.39 Å². The van der Waals surface area contributed by atoms with E-state index in [2.05, 4.69) is 10.1 Å². The fourth-order valence-corrected chi connectivity index (χ4v) is 2.22. The van der Waals surface area contributed by atoms with E-state index in [0.29, 0.717) is 22.4 Å². The summed E-state index contributed by atoms with van der Waals surface area (Å²) in [5.41, 5.74) is 1.79. The van der Waals surface area contributed by atoms with Crippen molar-refractivity contribution >= 4 is 0 Å². The Morgan fingerprint density at radius 2 is 1.95 bits per heavy atom. The number of rotatable bonds is 2. The van der Waals surface area contributed by atoms with E-state index in [-0.39, 0.29) is 11.5 Å². The minimum atomic E-state index is -0.400. The Hall–Kier alpha value is -3.20. The number of aryl methyl sites for hydroxylation is 1. The van der Waals surface area contributed by atoms with E-state index in [1.54, 1.807) is 30.1 Å². The van der Waals surface area contributed by atoms with Crippen LogP contribution in [0.5, 0.6) is 0 Å². The number of nitrogens with zero attached hydrogens (tertiary/aromatic N) is 3. The first-order valence-electron chi connectivity index (χ1n) is 6.52. The monoisotopic (exact) mass is 294 g/mol. The number of hydrogen-bond acceptors (Lipinski definition) is 3. The second kappa shape index (κ2) is 5.30. The molecule has 0 aliphatic heterocycles. The highest BCUT2D eigenvalue weighted by Crippen LogP contribution is 2.24. The average molecular weight is 294 g/mol. The van der Waals surface area contributed by atoms with Crippen molar-refractivity contribution in [1.82, 2.24) is 14.8 Å². The van der Waals surface area contributed by atoms with Gasteiger partial charge in [0.25, 0.3) is 5.56 Å². The van der Waals surface area contributed by atoms with E-state index in [1.165, 1.54) is 24.3 Å². The third kappa shape index (κ3) is 2.40. The molecule has 0 bridgehead atoms. The van der Waals surface area contributed by atoms with Crippen LogP contribution in [0, 0.1) is 17.1 Å². The van der Waals surface area contributed by atoms with E-state index in [0.717, 1.165) is 0 Å². The lowest BCUT2D eigenvalue weighted by Gasteiger charge is -2.05. The Morgan fingerprint density at radius 1 is 1.23 bits per heavy atom. The highest BCUT2D eigenvalue weighted by molar-refractivity contribution is 5.73. The Balaban J connectivity index is 2.23. The first-order valence-corrected chi connectivity index (χ1v) is 6.52. The molecule has 0 aliphatic rings. The van der Waals surface area contributed by atoms with Gasteiger partial charge in [-0.2, -0.15) is 10.4 Å². The predicted octanol–water partition coefficient (Wildman–Crippen LogP) is 2.45. The standard InChI is InChI=1S/C16H11FN4O/c1-21-7-6-14(20-21)13-8-12(16(22)19-15(13)9-18)10-2-4-11(17)5-3-10/h2-8H,1H3,(H,19,22). The Bertz CT molecular complexity index is 932. The second-order valence-corrected chi connectivity index (χ2v) is 4.79. The van der Waals surface area contributed by atoms with E-state index in [9.17, 15) is 14.4 Å². The second-order valence-electron chi connectivity index (χ2n) is 4.79. The van der Waals surface area contributed by atoms with Crippen LogP contribution in [0.4, 0.5) is 4.39 Å². The summed E-state index contributed by atoms with van der Waals surface area (Å²) in [6.07, 6.45) is 1.75. The van der Waals surface area contributed by atoms with Crippen LogP contribution in [-0.2, 0) is 7.05 Å². The molecule has 1 N–H and O–H groups in total. The summed E-state index contributed by atoms with van der Waals surface area (Å²) in [5, 5.41) is 13.5. The minimum Gasteiger partial charge on any atom is -0.313 e. The van der Waals surface area contributed by atoms with Crippen molar-refractivity contribution in [3.05, 3.63) is 64.5 Å². The van der Waals surface area contributed by atoms with E-state index in [4.69, 9.17) is 0 Å². The number of nitrogens with one attached hydrogen (secondary N) is 1. The van der Waals surface area contributed by atoms with Crippen LogP contribution in [0.1, 0.15) is 5.69 Å². The molecule has 0 amide bonds. The molecule has 0 saturated heterocycles. The fraction of sp³-hybridized carbons (Fsp3) is 0.0625. The van der Waals surface area contributed by atoms with Crippen molar-refractivity contribution in [1.29, 1.82) is 5.26 Å². The summed E-state index contributed by atoms with van der Waals surface area (Å²) in [6.45, 7) is 0. The number of hydrogen-bond donors (Lipinski definition) is 1. The molecule has 0 radical (unpaired) electrons. The normalized spacial score (nSPS) is 10.4. The highest BCUT2D eigenvalue weighted by Gasteiger charge is 2.13. The topological polar surface area (TPSA) is 74.5 Å². The lowest BCUT2D eigenvalue weighted by molar-refractivity contribution is 0.628. The van der Waals surface area contributed by atoms with Gasteiger partial charge in [-0.3, -0.25) is 9.48 Å². The molecule has 0 spiro atoms. The largest absolute Gasteiger partial charge is 0.313 e. The number of nitriles is 1. The zero-order valence-electron chi connectivity index (χ0n) is 11.7. The number of H-pyrrole nitrogens is 1. The van der Waals surface area contributed by atoms with Crippen molar-refractivity contribution in [3.63, 3.8) is 0 Å². The summed E-state index contributed by atoms with van der Waals surface area (Å²) in [7, 11) is 1.77. The molecular formula is C16H11FN4O. The quantitative estimate of drug-likeness (QED) is 0.789. The summed E-state index contributed by atoms with van der Waals surface area (Å²) >= 11 is 0. The van der Waals surface area contributed by atoms with E-state index in [1.807, 2.05) is 6.07 Å². The Kier molecular flexibility index (Phi) is 3.31. The average Bonchev–Trinajstić information content (AvgIpc) is 2.94. The lowest BCUT2D eigenvalue weighted by Crippen LogP contribution is -2.11. The highest BCUT2D eigenvalue weighted by atomic mass is 19.1. The molecule has 0 aliphatic carbocycles. The molecular weight excluding hydrogens is 283 g/mol. The van der Waals surface area contributed by atoms with Crippen molar-refractivity contribution in [2.75, 3.05) is 0 Å². The number of benzene rings is 1. The molecule has 5 nitrogen and oxygen atoms in total. The van der Waals surface area contributed by atoms with Crippen molar-refractivity contribution in [2.24, 2.45) is 7.05 Å². The zero-order valence-corrected chi connectivity index (χ0v) is 11.7. The maximum Gasteiger partial charge on any atom is 0.256 e. The molecule has 3 aromatic rings. The third-order valence-electron chi connectivity index (χ3n) is 3.30. The molecule has 0 saturated carbocycles. The molecule has 1 aromatic carbocycles. The molecule has 22 heavy (non-hydrogen) atoms. The van der Waals surface area contributed by atoms with Gasteiger partial charge < -0.3 is 4.98 Å². The molecule has 0 atom stereocenters. The van der Waals surface area contributed by atoms with Crippen LogP contribution < -0.4 is 5.56 Å². The first-order chi connectivity index (χ1) is 10.6. The first kappa shape index (κ1) is 13.8. The fourth-order valence-electron chi connectivity index (χ4n) is 2.22. The van der Waals surface area contributed by atoms with Gasteiger partial charge >= 0.3 is 0 Å². The van der Waals surface area contributed by atoms with Gasteiger partial charge in [0.05, 0.1) is 5.69 Å². The molecule has 2 heterocycles.